The van der Waals surface area contributed by atoms with E-state index in [1.54, 1.807) is 0 Å². The molecule has 0 saturated heterocycles. The Bertz CT molecular complexity index is 194. The van der Waals surface area contributed by atoms with Crippen molar-refractivity contribution in [1.82, 2.24) is 14.8 Å². The normalized spacial score (nSPS) is 10.2. The Balaban J connectivity index is 2.96. The fourth-order valence-corrected chi connectivity index (χ4v) is 0.908. The van der Waals surface area contributed by atoms with Crippen LogP contribution in [0.2, 0.25) is 0 Å². The van der Waals surface area contributed by atoms with Crippen molar-refractivity contribution < 1.29 is 0 Å². The van der Waals surface area contributed by atoms with Crippen LogP contribution >= 0.6 is 0 Å². The monoisotopic (exact) mass is 140 g/mol. The van der Waals surface area contributed by atoms with Gasteiger partial charge in [0.2, 0.25) is 5.95 Å². The molecule has 0 atom stereocenters. The maximum absolute atomic E-state index is 5.39. The lowest BCUT2D eigenvalue weighted by Gasteiger charge is -1.96. The third-order valence-electron chi connectivity index (χ3n) is 1.38. The lowest BCUT2D eigenvalue weighted by atomic mass is 10.4. The highest BCUT2D eigenvalue weighted by molar-refractivity contribution is 5.13. The molecule has 1 aromatic heterocycles. The van der Waals surface area contributed by atoms with Crippen molar-refractivity contribution in [2.75, 3.05) is 5.73 Å². The number of nitrogen functional groups attached to an aromatic ring is 1. The van der Waals surface area contributed by atoms with Crippen LogP contribution in [0.15, 0.2) is 0 Å². The van der Waals surface area contributed by atoms with Gasteiger partial charge in [0.05, 0.1) is 0 Å². The molecule has 1 heterocycles. The Morgan fingerprint density at radius 3 is 2.60 bits per heavy atom. The zero-order chi connectivity index (χ0) is 7.56. The molecule has 0 fully saturated rings. The number of nitrogens with two attached hydrogens (primary N) is 1. The van der Waals surface area contributed by atoms with Gasteiger partial charge in [-0.05, 0) is 6.92 Å². The number of aryl methyl sites for hydroxylation is 2. The smallest absolute Gasteiger partial charge is 0.239 e. The first-order valence-corrected chi connectivity index (χ1v) is 3.47. The summed E-state index contributed by atoms with van der Waals surface area (Å²) in [7, 11) is 0. The average Bonchev–Trinajstić information content (AvgIpc) is 2.30. The molecule has 0 unspecified atom stereocenters. The molecule has 4 nitrogen and oxygen atoms in total. The molecule has 1 rings (SSSR count). The van der Waals surface area contributed by atoms with Gasteiger partial charge in [0.15, 0.2) is 0 Å². The Morgan fingerprint density at radius 1 is 1.50 bits per heavy atom. The molecule has 0 aromatic carbocycles. The summed E-state index contributed by atoms with van der Waals surface area (Å²) in [6.45, 7) is 4.90. The van der Waals surface area contributed by atoms with Gasteiger partial charge in [0.1, 0.15) is 5.82 Å². The van der Waals surface area contributed by atoms with Crippen LogP contribution in [0.3, 0.4) is 0 Å². The van der Waals surface area contributed by atoms with Gasteiger partial charge in [-0.2, -0.15) is 4.98 Å². The molecule has 0 amide bonds. The Morgan fingerprint density at radius 2 is 2.20 bits per heavy atom. The maximum Gasteiger partial charge on any atom is 0.239 e. The SMILES string of the molecule is CCc1nc(N)nn1CC. The summed E-state index contributed by atoms with van der Waals surface area (Å²) < 4.78 is 1.81. The predicted octanol–water partition coefficient (Wildman–Crippen LogP) is 0.443. The van der Waals surface area contributed by atoms with E-state index in [0.29, 0.717) is 5.95 Å². The second kappa shape index (κ2) is 2.68. The lowest BCUT2D eigenvalue weighted by Crippen LogP contribution is -2.01. The number of anilines is 1. The largest absolute Gasteiger partial charge is 0.366 e. The molecule has 1 aromatic rings. The first-order valence-electron chi connectivity index (χ1n) is 3.47. The highest BCUT2D eigenvalue weighted by atomic mass is 15.4. The summed E-state index contributed by atoms with van der Waals surface area (Å²) in [6.07, 6.45) is 0.887. The summed E-state index contributed by atoms with van der Waals surface area (Å²) in [5.41, 5.74) is 5.39. The predicted molar refractivity (Wildman–Crippen MR) is 39.5 cm³/mol. The van der Waals surface area contributed by atoms with Gasteiger partial charge in [0.25, 0.3) is 0 Å². The van der Waals surface area contributed by atoms with Crippen molar-refractivity contribution in [3.05, 3.63) is 5.82 Å². The van der Waals surface area contributed by atoms with E-state index in [1.807, 2.05) is 18.5 Å². The third-order valence-corrected chi connectivity index (χ3v) is 1.38. The van der Waals surface area contributed by atoms with Crippen molar-refractivity contribution in [3.63, 3.8) is 0 Å². The molecule has 4 heteroatoms. The van der Waals surface area contributed by atoms with E-state index in [2.05, 4.69) is 10.1 Å². The molecule has 56 valence electrons. The molecular formula is C6H12N4. The first-order chi connectivity index (χ1) is 4.77. The molecule has 2 N–H and O–H groups in total. The van der Waals surface area contributed by atoms with E-state index in [0.717, 1.165) is 18.8 Å². The Hall–Kier alpha value is -1.06. The van der Waals surface area contributed by atoms with Crippen molar-refractivity contribution in [2.45, 2.75) is 26.8 Å². The minimum Gasteiger partial charge on any atom is -0.366 e. The highest BCUT2D eigenvalue weighted by Crippen LogP contribution is 1.99. The van der Waals surface area contributed by atoms with Crippen LogP contribution in [-0.2, 0) is 13.0 Å². The lowest BCUT2D eigenvalue weighted by molar-refractivity contribution is 0.621. The van der Waals surface area contributed by atoms with Crippen LogP contribution in [0, 0.1) is 0 Å². The molecule has 0 aliphatic rings. The van der Waals surface area contributed by atoms with Crippen LogP contribution in [0.25, 0.3) is 0 Å². The van der Waals surface area contributed by atoms with Crippen LogP contribution in [0.5, 0.6) is 0 Å². The number of rotatable bonds is 2. The summed E-state index contributed by atoms with van der Waals surface area (Å²) >= 11 is 0. The van der Waals surface area contributed by atoms with E-state index < -0.39 is 0 Å². The fraction of sp³-hybridized carbons (Fsp3) is 0.667. The van der Waals surface area contributed by atoms with Gasteiger partial charge in [-0.25, -0.2) is 4.68 Å². The summed E-state index contributed by atoms with van der Waals surface area (Å²) in [5.74, 6) is 1.33. The van der Waals surface area contributed by atoms with E-state index in [1.165, 1.54) is 0 Å². The van der Waals surface area contributed by atoms with Crippen LogP contribution < -0.4 is 5.73 Å². The third kappa shape index (κ3) is 1.10. The summed E-state index contributed by atoms with van der Waals surface area (Å²) in [4.78, 5) is 4.03. The molecule has 0 bridgehead atoms. The summed E-state index contributed by atoms with van der Waals surface area (Å²) in [5, 5.41) is 3.98. The molecule has 0 saturated carbocycles. The van der Waals surface area contributed by atoms with E-state index >= 15 is 0 Å². The molecule has 10 heavy (non-hydrogen) atoms. The standard InChI is InChI=1S/C6H12N4/c1-3-5-8-6(7)9-10(5)4-2/h3-4H2,1-2H3,(H2,7,9). The van der Waals surface area contributed by atoms with E-state index in [-0.39, 0.29) is 0 Å². The number of nitrogens with zero attached hydrogens (tertiary/aromatic N) is 3. The molecule has 0 aliphatic heterocycles. The molecular weight excluding hydrogens is 128 g/mol. The van der Waals surface area contributed by atoms with Gasteiger partial charge in [-0.15, -0.1) is 5.10 Å². The van der Waals surface area contributed by atoms with Crippen LogP contribution in [0.1, 0.15) is 19.7 Å². The Labute approximate surface area is 60.1 Å². The number of hydrogen-bond donors (Lipinski definition) is 1. The second-order valence-electron chi connectivity index (χ2n) is 2.06. The van der Waals surface area contributed by atoms with Crippen molar-refractivity contribution in [1.29, 1.82) is 0 Å². The zero-order valence-corrected chi connectivity index (χ0v) is 6.33. The maximum atomic E-state index is 5.39. The quantitative estimate of drug-likeness (QED) is 0.648. The van der Waals surface area contributed by atoms with Crippen molar-refractivity contribution in [2.24, 2.45) is 0 Å². The topological polar surface area (TPSA) is 56.7 Å². The van der Waals surface area contributed by atoms with Crippen molar-refractivity contribution in [3.8, 4) is 0 Å². The fourth-order valence-electron chi connectivity index (χ4n) is 0.908. The second-order valence-corrected chi connectivity index (χ2v) is 2.06. The highest BCUT2D eigenvalue weighted by Gasteiger charge is 2.01. The van der Waals surface area contributed by atoms with Crippen LogP contribution in [0.4, 0.5) is 5.95 Å². The van der Waals surface area contributed by atoms with Gasteiger partial charge < -0.3 is 5.73 Å². The Kier molecular flexibility index (Phi) is 1.89. The van der Waals surface area contributed by atoms with E-state index in [9.17, 15) is 0 Å². The summed E-state index contributed by atoms with van der Waals surface area (Å²) in [6, 6.07) is 0. The molecule has 0 radical (unpaired) electrons. The minimum atomic E-state index is 0.374. The number of aromatic nitrogens is 3. The first kappa shape index (κ1) is 7.05. The molecule has 0 spiro atoms. The van der Waals surface area contributed by atoms with Gasteiger partial charge >= 0.3 is 0 Å². The molecule has 0 aliphatic carbocycles. The zero-order valence-electron chi connectivity index (χ0n) is 6.33. The van der Waals surface area contributed by atoms with E-state index in [4.69, 9.17) is 5.73 Å². The van der Waals surface area contributed by atoms with Crippen LogP contribution in [-0.4, -0.2) is 14.8 Å². The van der Waals surface area contributed by atoms with Crippen molar-refractivity contribution >= 4 is 5.95 Å². The van der Waals surface area contributed by atoms with Gasteiger partial charge in [-0.1, -0.05) is 6.92 Å². The van der Waals surface area contributed by atoms with Gasteiger partial charge in [0, 0.05) is 13.0 Å². The average molecular weight is 140 g/mol. The van der Waals surface area contributed by atoms with Gasteiger partial charge in [-0.3, -0.25) is 0 Å². The number of hydrogen-bond acceptors (Lipinski definition) is 3. The minimum absolute atomic E-state index is 0.374.